The van der Waals surface area contributed by atoms with Crippen LogP contribution in [0.15, 0.2) is 36.4 Å². The van der Waals surface area contributed by atoms with Crippen LogP contribution in [0, 0.1) is 12.7 Å². The number of rotatable bonds is 3. The molecule has 0 aliphatic heterocycles. The van der Waals surface area contributed by atoms with Gasteiger partial charge in [0, 0.05) is 17.7 Å². The van der Waals surface area contributed by atoms with Gasteiger partial charge in [0.25, 0.3) is 0 Å². The summed E-state index contributed by atoms with van der Waals surface area (Å²) in [5, 5.41) is 0. The van der Waals surface area contributed by atoms with Crippen molar-refractivity contribution in [2.24, 2.45) is 5.73 Å². The van der Waals surface area contributed by atoms with Crippen LogP contribution < -0.4 is 10.5 Å². The molecule has 112 valence electrons. The Kier molecular flexibility index (Phi) is 4.33. The maximum Gasteiger partial charge on any atom is 0.167 e. The summed E-state index contributed by atoms with van der Waals surface area (Å²) < 4.78 is 19.9. The minimum atomic E-state index is -0.390. The number of ether oxygens (including phenoxy) is 1. The van der Waals surface area contributed by atoms with Gasteiger partial charge in [-0.05, 0) is 24.5 Å². The van der Waals surface area contributed by atoms with Gasteiger partial charge >= 0.3 is 0 Å². The van der Waals surface area contributed by atoms with Gasteiger partial charge in [0.15, 0.2) is 11.6 Å². The Morgan fingerprint density at radius 3 is 2.48 bits per heavy atom. The van der Waals surface area contributed by atoms with E-state index in [2.05, 4.69) is 26.8 Å². The number of hydrogen-bond donors (Lipinski definition) is 1. The lowest BCUT2D eigenvalue weighted by Gasteiger charge is -2.24. The summed E-state index contributed by atoms with van der Waals surface area (Å²) in [5.74, 6) is 0.501. The van der Waals surface area contributed by atoms with Crippen LogP contribution in [0.5, 0.6) is 11.5 Å². The molecule has 0 bridgehead atoms. The van der Waals surface area contributed by atoms with Crippen LogP contribution in [0.2, 0.25) is 0 Å². The summed E-state index contributed by atoms with van der Waals surface area (Å²) >= 11 is 0. The smallest absolute Gasteiger partial charge is 0.167 e. The van der Waals surface area contributed by atoms with Crippen molar-refractivity contribution in [3.63, 3.8) is 0 Å². The second-order valence-corrected chi connectivity index (χ2v) is 6.28. The molecule has 0 amide bonds. The van der Waals surface area contributed by atoms with E-state index in [1.165, 1.54) is 6.07 Å². The van der Waals surface area contributed by atoms with Crippen molar-refractivity contribution < 1.29 is 9.13 Å². The topological polar surface area (TPSA) is 35.2 Å². The quantitative estimate of drug-likeness (QED) is 0.889. The highest BCUT2D eigenvalue weighted by Crippen LogP contribution is 2.36. The van der Waals surface area contributed by atoms with Gasteiger partial charge in [0.05, 0.1) is 0 Å². The van der Waals surface area contributed by atoms with Crippen LogP contribution in [-0.2, 0) is 12.0 Å². The maximum absolute atomic E-state index is 14.0. The lowest BCUT2D eigenvalue weighted by atomic mass is 9.85. The zero-order valence-corrected chi connectivity index (χ0v) is 13.0. The average Bonchev–Trinajstić information content (AvgIpc) is 2.41. The molecule has 2 aromatic rings. The van der Waals surface area contributed by atoms with Crippen molar-refractivity contribution in [1.29, 1.82) is 0 Å². The Balaban J connectivity index is 2.50. The van der Waals surface area contributed by atoms with E-state index in [1.807, 2.05) is 19.1 Å². The molecule has 0 unspecified atom stereocenters. The molecule has 2 rings (SSSR count). The Morgan fingerprint density at radius 2 is 1.86 bits per heavy atom. The highest BCUT2D eigenvalue weighted by molar-refractivity contribution is 5.46. The Labute approximate surface area is 125 Å². The number of hydrogen-bond acceptors (Lipinski definition) is 2. The van der Waals surface area contributed by atoms with E-state index in [0.717, 1.165) is 11.1 Å². The van der Waals surface area contributed by atoms with Gasteiger partial charge in [-0.3, -0.25) is 0 Å². The molecular formula is C18H22FNO. The Morgan fingerprint density at radius 1 is 1.14 bits per heavy atom. The first-order valence-electron chi connectivity index (χ1n) is 7.09. The summed E-state index contributed by atoms with van der Waals surface area (Å²) in [6, 6.07) is 10.8. The number of aryl methyl sites for hydroxylation is 1. The number of benzene rings is 2. The lowest BCUT2D eigenvalue weighted by Crippen LogP contribution is -2.13. The van der Waals surface area contributed by atoms with E-state index >= 15 is 0 Å². The molecular weight excluding hydrogens is 265 g/mol. The molecule has 0 aliphatic carbocycles. The van der Waals surface area contributed by atoms with Crippen LogP contribution in [0.4, 0.5) is 4.39 Å². The van der Waals surface area contributed by atoms with Gasteiger partial charge in [0.2, 0.25) is 0 Å². The first-order valence-corrected chi connectivity index (χ1v) is 7.09. The van der Waals surface area contributed by atoms with E-state index in [-0.39, 0.29) is 17.7 Å². The summed E-state index contributed by atoms with van der Waals surface area (Å²) in [4.78, 5) is 0. The highest BCUT2D eigenvalue weighted by atomic mass is 19.1. The fourth-order valence-corrected chi connectivity index (χ4v) is 2.26. The van der Waals surface area contributed by atoms with Crippen molar-refractivity contribution in [1.82, 2.24) is 0 Å². The summed E-state index contributed by atoms with van der Waals surface area (Å²) in [7, 11) is 0. The zero-order chi connectivity index (χ0) is 15.6. The summed E-state index contributed by atoms with van der Waals surface area (Å²) in [5.41, 5.74) is 8.45. The largest absolute Gasteiger partial charge is 0.454 e. The first-order chi connectivity index (χ1) is 9.82. The van der Waals surface area contributed by atoms with Gasteiger partial charge in [0.1, 0.15) is 5.75 Å². The monoisotopic (exact) mass is 287 g/mol. The Bertz CT molecular complexity index is 644. The van der Waals surface area contributed by atoms with Crippen molar-refractivity contribution in [3.8, 4) is 11.5 Å². The van der Waals surface area contributed by atoms with Crippen molar-refractivity contribution >= 4 is 0 Å². The third kappa shape index (κ3) is 3.42. The van der Waals surface area contributed by atoms with Crippen molar-refractivity contribution in [2.75, 3.05) is 0 Å². The van der Waals surface area contributed by atoms with E-state index in [4.69, 9.17) is 10.5 Å². The molecule has 0 saturated heterocycles. The van der Waals surface area contributed by atoms with Gasteiger partial charge in [-0.15, -0.1) is 0 Å². The zero-order valence-electron chi connectivity index (χ0n) is 13.0. The molecule has 0 aromatic heterocycles. The molecule has 2 aromatic carbocycles. The molecule has 2 N–H and O–H groups in total. The van der Waals surface area contributed by atoms with Gasteiger partial charge < -0.3 is 10.5 Å². The van der Waals surface area contributed by atoms with Crippen molar-refractivity contribution in [2.45, 2.75) is 39.7 Å². The molecule has 0 radical (unpaired) electrons. The van der Waals surface area contributed by atoms with E-state index in [0.29, 0.717) is 11.3 Å². The van der Waals surface area contributed by atoms with Gasteiger partial charge in [-0.1, -0.05) is 50.6 Å². The third-order valence-electron chi connectivity index (χ3n) is 3.42. The molecule has 0 aliphatic rings. The molecule has 0 fully saturated rings. The Hall–Kier alpha value is -1.87. The molecule has 0 atom stereocenters. The van der Waals surface area contributed by atoms with E-state index in [9.17, 15) is 4.39 Å². The lowest BCUT2D eigenvalue weighted by molar-refractivity contribution is 0.420. The predicted octanol–water partition coefficient (Wildman–Crippen LogP) is 4.68. The second kappa shape index (κ2) is 5.86. The SMILES string of the molecule is Cc1ccc(Oc2c(F)cccc2CN)c(C(C)(C)C)c1. The van der Waals surface area contributed by atoms with Crippen LogP contribution in [0.1, 0.15) is 37.5 Å². The molecule has 0 saturated carbocycles. The number of para-hydroxylation sites is 1. The number of halogens is 1. The number of nitrogens with two attached hydrogens (primary N) is 1. The average molecular weight is 287 g/mol. The van der Waals surface area contributed by atoms with E-state index < -0.39 is 5.82 Å². The van der Waals surface area contributed by atoms with E-state index in [1.54, 1.807) is 12.1 Å². The molecule has 0 spiro atoms. The fourth-order valence-electron chi connectivity index (χ4n) is 2.26. The highest BCUT2D eigenvalue weighted by Gasteiger charge is 2.21. The molecule has 0 heterocycles. The van der Waals surface area contributed by atoms with Crippen LogP contribution in [0.25, 0.3) is 0 Å². The first kappa shape index (κ1) is 15.5. The van der Waals surface area contributed by atoms with Gasteiger partial charge in [-0.25, -0.2) is 4.39 Å². The maximum atomic E-state index is 14.0. The molecule has 21 heavy (non-hydrogen) atoms. The molecule has 3 heteroatoms. The van der Waals surface area contributed by atoms with Crippen molar-refractivity contribution in [3.05, 3.63) is 58.9 Å². The van der Waals surface area contributed by atoms with Crippen LogP contribution in [-0.4, -0.2) is 0 Å². The standard InChI is InChI=1S/C18H22FNO/c1-12-8-9-16(14(10-12)18(2,3)4)21-17-13(11-20)6-5-7-15(17)19/h5-10H,11,20H2,1-4H3. The summed E-state index contributed by atoms with van der Waals surface area (Å²) in [6.07, 6.45) is 0. The van der Waals surface area contributed by atoms with Gasteiger partial charge in [-0.2, -0.15) is 0 Å². The van der Waals surface area contributed by atoms with Crippen LogP contribution >= 0.6 is 0 Å². The van der Waals surface area contributed by atoms with Crippen LogP contribution in [0.3, 0.4) is 0 Å². The minimum absolute atomic E-state index is 0.0878. The normalized spacial score (nSPS) is 11.5. The predicted molar refractivity (Wildman–Crippen MR) is 84.2 cm³/mol. The fraction of sp³-hybridized carbons (Fsp3) is 0.333. The summed E-state index contributed by atoms with van der Waals surface area (Å²) in [6.45, 7) is 8.61. The second-order valence-electron chi connectivity index (χ2n) is 6.28. The molecule has 2 nitrogen and oxygen atoms in total. The third-order valence-corrected chi connectivity index (χ3v) is 3.42. The minimum Gasteiger partial charge on any atom is -0.454 e.